The van der Waals surface area contributed by atoms with E-state index in [1.54, 1.807) is 0 Å². The second-order valence-corrected chi connectivity index (χ2v) is 8.77. The number of fused-ring (bicyclic) bond motifs is 4. The van der Waals surface area contributed by atoms with Crippen LogP contribution < -0.4 is 5.73 Å². The number of rotatable bonds is 2. The van der Waals surface area contributed by atoms with E-state index in [0.29, 0.717) is 17.8 Å². The average Bonchev–Trinajstić information content (AvgIpc) is 2.68. The van der Waals surface area contributed by atoms with Crippen molar-refractivity contribution in [2.45, 2.75) is 63.4 Å². The van der Waals surface area contributed by atoms with Crippen LogP contribution in [0.3, 0.4) is 0 Å². The van der Waals surface area contributed by atoms with E-state index in [4.69, 9.17) is 28.3 Å². The van der Waals surface area contributed by atoms with E-state index in [1.165, 1.54) is 12.0 Å². The van der Waals surface area contributed by atoms with Gasteiger partial charge in [-0.3, -0.25) is 4.79 Å². The number of nitrogens with zero attached hydrogens (tertiary/aromatic N) is 2. The number of carboxylic acids is 1. The minimum absolute atomic E-state index is 0. The second kappa shape index (κ2) is 13.2. The van der Waals surface area contributed by atoms with Crippen molar-refractivity contribution in [3.8, 4) is 0 Å². The Morgan fingerprint density at radius 1 is 1.12 bits per heavy atom. The number of aliphatic hydroxyl groups is 1. The molecule has 0 spiro atoms. The molecule has 1 radical (unpaired) electrons. The Kier molecular flexibility index (Phi) is 12.6. The fourth-order valence-corrected chi connectivity index (χ4v) is 5.81. The monoisotopic (exact) mass is 511 g/mol. The van der Waals surface area contributed by atoms with Gasteiger partial charge in [0.05, 0.1) is 11.3 Å². The van der Waals surface area contributed by atoms with Crippen LogP contribution >= 0.6 is 0 Å². The van der Waals surface area contributed by atoms with Crippen LogP contribution in [0.15, 0.2) is 40.5 Å². The minimum Gasteiger partial charge on any atom is -0.741 e. The molecule has 0 aromatic heterocycles. The van der Waals surface area contributed by atoms with E-state index in [2.05, 4.69) is 40.5 Å². The van der Waals surface area contributed by atoms with Crippen molar-refractivity contribution in [3.63, 3.8) is 0 Å². The molecular formula is C22H34CoN3O5S-. The second-order valence-electron chi connectivity index (χ2n) is 8.35. The summed E-state index contributed by atoms with van der Waals surface area (Å²) >= 11 is 4.90. The zero-order valence-corrected chi connectivity index (χ0v) is 20.0. The summed E-state index contributed by atoms with van der Waals surface area (Å²) in [4.78, 5) is 9.00. The number of carboxylic acid groups (broad SMARTS) is 1. The van der Waals surface area contributed by atoms with Crippen molar-refractivity contribution >= 4 is 29.5 Å². The van der Waals surface area contributed by atoms with Gasteiger partial charge < -0.3 is 39.5 Å². The van der Waals surface area contributed by atoms with E-state index in [9.17, 15) is 5.11 Å². The number of carbonyl (C=O) groups is 1. The van der Waals surface area contributed by atoms with Crippen molar-refractivity contribution in [3.05, 3.63) is 35.9 Å². The smallest absolute Gasteiger partial charge is 0.300 e. The van der Waals surface area contributed by atoms with Crippen LogP contribution in [-0.2, 0) is 34.2 Å². The Bertz CT molecular complexity index is 787. The summed E-state index contributed by atoms with van der Waals surface area (Å²) in [7, 11) is 0. The topological polar surface area (TPSA) is 171 Å². The molecule has 5 unspecified atom stereocenters. The largest absolute Gasteiger partial charge is 0.741 e. The Morgan fingerprint density at radius 3 is 2.34 bits per heavy atom. The Hall–Kier alpha value is -1.56. The summed E-state index contributed by atoms with van der Waals surface area (Å²) in [6.07, 6.45) is 7.51. The first-order valence-corrected chi connectivity index (χ1v) is 10.8. The minimum atomic E-state index is -0.833. The summed E-state index contributed by atoms with van der Waals surface area (Å²) in [5.41, 5.74) is 7.26. The SMILES string of the molecule is CC(=O)O.N/C([S-])=N/N=C1\C2CCCC1C1(O)CCCCC1C2c1ccccc1.O.O.[Co]. The molecule has 3 aliphatic carbocycles. The fraction of sp³-hybridized carbons (Fsp3) is 0.591. The van der Waals surface area contributed by atoms with Gasteiger partial charge in [-0.05, 0) is 48.3 Å². The van der Waals surface area contributed by atoms with E-state index in [0.717, 1.165) is 51.2 Å². The van der Waals surface area contributed by atoms with Gasteiger partial charge in [0.25, 0.3) is 5.97 Å². The zero-order chi connectivity index (χ0) is 21.0. The predicted octanol–water partition coefficient (Wildman–Crippen LogP) is 1.78. The molecular weight excluding hydrogens is 477 g/mol. The maximum absolute atomic E-state index is 11.8. The van der Waals surface area contributed by atoms with Crippen LogP contribution in [-0.4, -0.2) is 43.6 Å². The molecule has 5 atom stereocenters. The first-order valence-electron chi connectivity index (χ1n) is 10.4. The molecule has 32 heavy (non-hydrogen) atoms. The van der Waals surface area contributed by atoms with E-state index >= 15 is 0 Å². The van der Waals surface area contributed by atoms with Gasteiger partial charge in [-0.2, -0.15) is 10.2 Å². The third kappa shape index (κ3) is 6.49. The number of amidine groups is 1. The molecule has 3 fully saturated rings. The van der Waals surface area contributed by atoms with Crippen molar-refractivity contribution in [2.24, 2.45) is 33.7 Å². The Morgan fingerprint density at radius 2 is 1.75 bits per heavy atom. The van der Waals surface area contributed by atoms with Crippen LogP contribution in [0, 0.1) is 17.8 Å². The molecule has 3 saturated carbocycles. The number of aliphatic carboxylic acids is 1. The molecule has 4 rings (SSSR count). The van der Waals surface area contributed by atoms with Gasteiger partial charge in [0, 0.05) is 35.5 Å². The maximum Gasteiger partial charge on any atom is 0.300 e. The van der Waals surface area contributed by atoms with Crippen LogP contribution in [0.4, 0.5) is 0 Å². The first-order chi connectivity index (χ1) is 13.8. The Labute approximate surface area is 205 Å². The van der Waals surface area contributed by atoms with Crippen LogP contribution in [0.25, 0.3) is 0 Å². The van der Waals surface area contributed by atoms with Gasteiger partial charge in [0.1, 0.15) is 0 Å². The van der Waals surface area contributed by atoms with E-state index in [-0.39, 0.29) is 38.8 Å². The molecule has 0 heterocycles. The van der Waals surface area contributed by atoms with Gasteiger partial charge in [0.2, 0.25) is 0 Å². The van der Waals surface area contributed by atoms with Crippen molar-refractivity contribution in [1.82, 2.24) is 0 Å². The zero-order valence-electron chi connectivity index (χ0n) is 18.2. The third-order valence-corrected chi connectivity index (χ3v) is 6.73. The molecule has 1 aromatic rings. The Balaban J connectivity index is 0.00000127. The summed E-state index contributed by atoms with van der Waals surface area (Å²) in [5.74, 6) is 0.225. The number of hydrogen-bond acceptors (Lipinski definition) is 5. The van der Waals surface area contributed by atoms with Gasteiger partial charge >= 0.3 is 0 Å². The predicted molar refractivity (Wildman–Crippen MR) is 124 cm³/mol. The number of benzene rings is 1. The molecule has 2 bridgehead atoms. The van der Waals surface area contributed by atoms with Crippen LogP contribution in [0.5, 0.6) is 0 Å². The van der Waals surface area contributed by atoms with Gasteiger partial charge in [-0.15, -0.1) is 0 Å². The van der Waals surface area contributed by atoms with Gasteiger partial charge in [-0.25, -0.2) is 0 Å². The molecule has 10 heteroatoms. The number of hydrogen-bond donors (Lipinski definition) is 3. The first kappa shape index (κ1) is 30.4. The van der Waals surface area contributed by atoms with Crippen LogP contribution in [0.2, 0.25) is 0 Å². The van der Waals surface area contributed by atoms with Crippen molar-refractivity contribution in [1.29, 1.82) is 0 Å². The molecule has 8 N–H and O–H groups in total. The quantitative estimate of drug-likeness (QED) is 0.237. The average molecular weight is 512 g/mol. The molecule has 0 aliphatic heterocycles. The third-order valence-electron chi connectivity index (χ3n) is 6.65. The molecule has 3 aliphatic rings. The van der Waals surface area contributed by atoms with Crippen molar-refractivity contribution in [2.75, 3.05) is 0 Å². The standard InChI is InChI=1S/C20H27N3OS.C2H4O2.Co.2H2O/c21-19(25)23-22-18-14-9-6-11-16(18)20(24)12-5-4-10-15(20)17(14)13-7-2-1-3-8-13;1-2(3)4;;;/h1-3,7-8,14-17,24H,4-6,9-12H2,(H3,21,23,25);1H3,(H,3,4);;2*1H2/p-1/b22-18+;;;;. The molecule has 0 saturated heterocycles. The van der Waals surface area contributed by atoms with Gasteiger partial charge in [0.15, 0.2) is 0 Å². The van der Waals surface area contributed by atoms with E-state index < -0.39 is 11.6 Å². The van der Waals surface area contributed by atoms with Crippen molar-refractivity contribution < 1.29 is 42.7 Å². The molecule has 8 nitrogen and oxygen atoms in total. The normalized spacial score (nSPS) is 31.9. The summed E-state index contributed by atoms with van der Waals surface area (Å²) in [6, 6.07) is 10.7. The molecule has 183 valence electrons. The summed E-state index contributed by atoms with van der Waals surface area (Å²) in [5, 5.41) is 27.8. The molecule has 1 aromatic carbocycles. The summed E-state index contributed by atoms with van der Waals surface area (Å²) < 4.78 is 0. The summed E-state index contributed by atoms with van der Waals surface area (Å²) in [6.45, 7) is 1.08. The van der Waals surface area contributed by atoms with E-state index in [1.807, 2.05) is 0 Å². The van der Waals surface area contributed by atoms with Crippen LogP contribution in [0.1, 0.15) is 63.4 Å². The fourth-order valence-electron chi connectivity index (χ4n) is 5.77. The maximum atomic E-state index is 11.8. The number of nitrogens with two attached hydrogens (primary N) is 1. The van der Waals surface area contributed by atoms with Gasteiger partial charge in [-0.1, -0.05) is 49.6 Å². The molecule has 0 amide bonds.